The van der Waals surface area contributed by atoms with Crippen molar-refractivity contribution >= 4 is 21.6 Å². The van der Waals surface area contributed by atoms with Gasteiger partial charge in [0.25, 0.3) is 0 Å². The maximum atomic E-state index is 12.2. The molecule has 0 saturated heterocycles. The number of nitrogens with zero attached hydrogens (tertiary/aromatic N) is 1. The number of rotatable bonds is 10. The van der Waals surface area contributed by atoms with Crippen molar-refractivity contribution < 1.29 is 22.7 Å². The maximum Gasteiger partial charge on any atom is 0.240 e. The molecule has 0 bridgehead atoms. The molecule has 146 valence electrons. The van der Waals surface area contributed by atoms with Gasteiger partial charge in [-0.25, -0.2) is 8.42 Å². The molecule has 0 heterocycles. The normalized spacial score (nSPS) is 10.9. The molecule has 27 heavy (non-hydrogen) atoms. The van der Waals surface area contributed by atoms with Gasteiger partial charge in [-0.3, -0.25) is 9.10 Å². The zero-order chi connectivity index (χ0) is 19.7. The first kappa shape index (κ1) is 20.6. The Morgan fingerprint density at radius 2 is 1.70 bits per heavy atom. The van der Waals surface area contributed by atoms with Gasteiger partial charge in [0.15, 0.2) is 0 Å². The summed E-state index contributed by atoms with van der Waals surface area (Å²) < 4.78 is 36.4. The fraction of sp³-hybridized carbons (Fsp3) is 0.316. The number of nitrogens with one attached hydrogen (secondary N) is 1. The van der Waals surface area contributed by atoms with Crippen molar-refractivity contribution in [3.8, 4) is 11.5 Å². The number of hydrogen-bond acceptors (Lipinski definition) is 5. The Morgan fingerprint density at radius 3 is 2.37 bits per heavy atom. The van der Waals surface area contributed by atoms with Crippen LogP contribution in [0.2, 0.25) is 0 Å². The van der Waals surface area contributed by atoms with Gasteiger partial charge in [-0.1, -0.05) is 30.3 Å². The largest absolute Gasteiger partial charge is 0.492 e. The second kappa shape index (κ2) is 9.82. The summed E-state index contributed by atoms with van der Waals surface area (Å²) in [5, 5.41) is 2.67. The van der Waals surface area contributed by atoms with E-state index in [1.54, 1.807) is 31.2 Å². The predicted molar refractivity (Wildman–Crippen MR) is 105 cm³/mol. The third-order valence-corrected chi connectivity index (χ3v) is 4.68. The first-order valence-corrected chi connectivity index (χ1v) is 10.4. The van der Waals surface area contributed by atoms with Gasteiger partial charge in [-0.05, 0) is 31.2 Å². The average Bonchev–Trinajstić information content (AvgIpc) is 2.64. The number of sulfonamides is 1. The van der Waals surface area contributed by atoms with Gasteiger partial charge in [-0.15, -0.1) is 0 Å². The van der Waals surface area contributed by atoms with E-state index in [4.69, 9.17) is 9.47 Å². The van der Waals surface area contributed by atoms with Gasteiger partial charge < -0.3 is 14.8 Å². The summed E-state index contributed by atoms with van der Waals surface area (Å²) in [5.41, 5.74) is 0.331. The Bertz CT molecular complexity index is 840. The fourth-order valence-electron chi connectivity index (χ4n) is 2.38. The highest BCUT2D eigenvalue weighted by molar-refractivity contribution is 7.92. The lowest BCUT2D eigenvalue weighted by Crippen LogP contribution is -2.41. The van der Waals surface area contributed by atoms with E-state index in [9.17, 15) is 13.2 Å². The molecule has 0 aliphatic carbocycles. The van der Waals surface area contributed by atoms with Crippen molar-refractivity contribution in [2.75, 3.05) is 36.9 Å². The third kappa shape index (κ3) is 6.49. The molecule has 0 aliphatic heterocycles. The van der Waals surface area contributed by atoms with E-state index >= 15 is 0 Å². The van der Waals surface area contributed by atoms with E-state index in [0.29, 0.717) is 23.8 Å². The van der Waals surface area contributed by atoms with Crippen LogP contribution < -0.4 is 19.1 Å². The van der Waals surface area contributed by atoms with Crippen molar-refractivity contribution in [2.45, 2.75) is 6.92 Å². The van der Waals surface area contributed by atoms with Crippen LogP contribution in [0.4, 0.5) is 5.69 Å². The van der Waals surface area contributed by atoms with Crippen molar-refractivity contribution in [1.29, 1.82) is 0 Å². The minimum absolute atomic E-state index is 0.262. The van der Waals surface area contributed by atoms with Gasteiger partial charge in [0.05, 0.1) is 25.1 Å². The summed E-state index contributed by atoms with van der Waals surface area (Å²) in [5.74, 6) is 0.684. The first-order valence-electron chi connectivity index (χ1n) is 8.56. The van der Waals surface area contributed by atoms with Crippen LogP contribution in [0, 0.1) is 0 Å². The van der Waals surface area contributed by atoms with Gasteiger partial charge in [-0.2, -0.15) is 0 Å². The minimum Gasteiger partial charge on any atom is -0.492 e. The van der Waals surface area contributed by atoms with E-state index in [1.807, 2.05) is 30.3 Å². The van der Waals surface area contributed by atoms with Crippen molar-refractivity contribution in [3.05, 3.63) is 54.6 Å². The highest BCUT2D eigenvalue weighted by Gasteiger charge is 2.23. The van der Waals surface area contributed by atoms with Crippen LogP contribution in [-0.2, 0) is 14.8 Å². The first-order chi connectivity index (χ1) is 12.9. The average molecular weight is 392 g/mol. The maximum absolute atomic E-state index is 12.2. The zero-order valence-corrected chi connectivity index (χ0v) is 16.2. The van der Waals surface area contributed by atoms with Crippen LogP contribution in [0.1, 0.15) is 6.92 Å². The molecule has 0 fully saturated rings. The number of anilines is 1. The van der Waals surface area contributed by atoms with Gasteiger partial charge in [0.1, 0.15) is 24.7 Å². The highest BCUT2D eigenvalue weighted by atomic mass is 32.2. The minimum atomic E-state index is -3.67. The molecular formula is C19H24N2O5S. The SMILES string of the molecule is CCOc1ccccc1N(CC(=O)NCCOc1ccccc1)S(C)(=O)=O. The molecule has 0 aromatic heterocycles. The topological polar surface area (TPSA) is 84.9 Å². The molecule has 0 aliphatic rings. The lowest BCUT2D eigenvalue weighted by atomic mass is 10.3. The predicted octanol–water partition coefficient (Wildman–Crippen LogP) is 2.05. The molecule has 1 amide bonds. The van der Waals surface area contributed by atoms with Gasteiger partial charge in [0, 0.05) is 0 Å². The van der Waals surface area contributed by atoms with Crippen LogP contribution in [0.15, 0.2) is 54.6 Å². The molecule has 8 heteroatoms. The van der Waals surface area contributed by atoms with E-state index in [-0.39, 0.29) is 19.7 Å². The molecule has 2 aromatic carbocycles. The molecular weight excluding hydrogens is 368 g/mol. The van der Waals surface area contributed by atoms with E-state index < -0.39 is 15.9 Å². The molecule has 0 radical (unpaired) electrons. The molecule has 0 saturated carbocycles. The summed E-state index contributed by atoms with van der Waals surface area (Å²) in [6, 6.07) is 15.9. The lowest BCUT2D eigenvalue weighted by molar-refractivity contribution is -0.119. The van der Waals surface area contributed by atoms with E-state index in [1.165, 1.54) is 0 Å². The number of amides is 1. The smallest absolute Gasteiger partial charge is 0.240 e. The molecule has 0 unspecified atom stereocenters. The standard InChI is InChI=1S/C19H24N2O5S/c1-3-25-18-12-8-7-11-17(18)21(27(2,23)24)15-19(22)20-13-14-26-16-9-5-4-6-10-16/h4-12H,3,13-15H2,1-2H3,(H,20,22). The summed E-state index contributed by atoms with van der Waals surface area (Å²) in [6.45, 7) is 2.40. The number of hydrogen-bond donors (Lipinski definition) is 1. The highest BCUT2D eigenvalue weighted by Crippen LogP contribution is 2.29. The molecule has 0 atom stereocenters. The monoisotopic (exact) mass is 392 g/mol. The Balaban J connectivity index is 1.97. The second-order valence-corrected chi connectivity index (χ2v) is 7.59. The number of ether oxygens (including phenoxy) is 2. The number of carbonyl (C=O) groups excluding carboxylic acids is 1. The molecule has 2 aromatic rings. The van der Waals surface area contributed by atoms with Crippen molar-refractivity contribution in [3.63, 3.8) is 0 Å². The second-order valence-electron chi connectivity index (χ2n) is 5.68. The van der Waals surface area contributed by atoms with Gasteiger partial charge >= 0.3 is 0 Å². The summed E-state index contributed by atoms with van der Waals surface area (Å²) in [4.78, 5) is 12.2. The van der Waals surface area contributed by atoms with Gasteiger partial charge in [0.2, 0.25) is 15.9 Å². The van der Waals surface area contributed by atoms with Crippen LogP contribution >= 0.6 is 0 Å². The third-order valence-electron chi connectivity index (χ3n) is 3.56. The Kier molecular flexibility index (Phi) is 7.48. The summed E-state index contributed by atoms with van der Waals surface area (Å²) in [6.07, 6.45) is 1.06. The van der Waals surface area contributed by atoms with E-state index in [2.05, 4.69) is 5.32 Å². The Morgan fingerprint density at radius 1 is 1.04 bits per heavy atom. The molecule has 0 spiro atoms. The van der Waals surface area contributed by atoms with Crippen molar-refractivity contribution in [2.24, 2.45) is 0 Å². The summed E-state index contributed by atoms with van der Waals surface area (Å²) >= 11 is 0. The Labute approximate surface area is 160 Å². The molecule has 7 nitrogen and oxygen atoms in total. The zero-order valence-electron chi connectivity index (χ0n) is 15.4. The number of para-hydroxylation sites is 3. The molecule has 2 rings (SSSR count). The quantitative estimate of drug-likeness (QED) is 0.626. The van der Waals surface area contributed by atoms with Crippen LogP contribution in [0.3, 0.4) is 0 Å². The molecule has 1 N–H and O–H groups in total. The fourth-order valence-corrected chi connectivity index (χ4v) is 3.24. The number of benzene rings is 2. The van der Waals surface area contributed by atoms with E-state index in [0.717, 1.165) is 10.6 Å². The van der Waals surface area contributed by atoms with Crippen LogP contribution in [-0.4, -0.2) is 46.9 Å². The van der Waals surface area contributed by atoms with Crippen LogP contribution in [0.5, 0.6) is 11.5 Å². The lowest BCUT2D eigenvalue weighted by Gasteiger charge is -2.24. The van der Waals surface area contributed by atoms with Crippen LogP contribution in [0.25, 0.3) is 0 Å². The summed E-state index contributed by atoms with van der Waals surface area (Å²) in [7, 11) is -3.67. The number of carbonyl (C=O) groups is 1. The van der Waals surface area contributed by atoms with Crippen molar-refractivity contribution in [1.82, 2.24) is 5.32 Å². The Hall–Kier alpha value is -2.74.